The molecule has 1 aliphatic heterocycles. The number of anilines is 1. The van der Waals surface area contributed by atoms with Crippen LogP contribution >= 0.6 is 0 Å². The van der Waals surface area contributed by atoms with Gasteiger partial charge >= 0.3 is 0 Å². The molecule has 3 rings (SSSR count). The van der Waals surface area contributed by atoms with Gasteiger partial charge in [-0.05, 0) is 11.6 Å². The third kappa shape index (κ3) is 4.48. The van der Waals surface area contributed by atoms with Gasteiger partial charge in [0.1, 0.15) is 4.90 Å². The number of nitro groups is 1. The Morgan fingerprint density at radius 3 is 2.52 bits per heavy atom. The van der Waals surface area contributed by atoms with Crippen LogP contribution in [0.15, 0.2) is 58.5 Å². The molecule has 1 N–H and O–H groups in total. The number of hydrogen-bond acceptors (Lipinski definition) is 7. The molecular weight excluding hydrogens is 372 g/mol. The van der Waals surface area contributed by atoms with Gasteiger partial charge in [-0.2, -0.15) is 9.41 Å². The van der Waals surface area contributed by atoms with Crippen LogP contribution in [0.2, 0.25) is 0 Å². The maximum Gasteiger partial charge on any atom is 0.270 e. The van der Waals surface area contributed by atoms with Gasteiger partial charge in [0.05, 0.1) is 30.0 Å². The van der Waals surface area contributed by atoms with Gasteiger partial charge in [-0.25, -0.2) is 8.42 Å². The van der Waals surface area contributed by atoms with E-state index in [0.29, 0.717) is 0 Å². The predicted molar refractivity (Wildman–Crippen MR) is 100 cm³/mol. The zero-order valence-corrected chi connectivity index (χ0v) is 15.1. The molecule has 0 spiro atoms. The topological polar surface area (TPSA) is 114 Å². The Hall–Kier alpha value is -2.82. The van der Waals surface area contributed by atoms with Gasteiger partial charge in [0.25, 0.3) is 5.69 Å². The minimum Gasteiger partial charge on any atom is -0.379 e. The van der Waals surface area contributed by atoms with E-state index in [4.69, 9.17) is 4.74 Å². The molecule has 0 atom stereocenters. The molecule has 1 aliphatic rings. The average Bonchev–Trinajstić information content (AvgIpc) is 2.69. The van der Waals surface area contributed by atoms with Crippen molar-refractivity contribution in [1.29, 1.82) is 0 Å². The molecule has 0 aliphatic carbocycles. The van der Waals surface area contributed by atoms with Gasteiger partial charge in [-0.3, -0.25) is 15.5 Å². The number of morpholine rings is 1. The Kier molecular flexibility index (Phi) is 5.79. The second kappa shape index (κ2) is 8.25. The lowest BCUT2D eigenvalue weighted by atomic mass is 10.2. The van der Waals surface area contributed by atoms with Crippen molar-refractivity contribution in [2.24, 2.45) is 5.10 Å². The van der Waals surface area contributed by atoms with Crippen molar-refractivity contribution in [3.8, 4) is 0 Å². The number of non-ortho nitro benzene ring substituents is 1. The van der Waals surface area contributed by atoms with E-state index in [2.05, 4.69) is 10.5 Å². The Morgan fingerprint density at radius 1 is 1.15 bits per heavy atom. The molecule has 2 aromatic rings. The van der Waals surface area contributed by atoms with E-state index < -0.39 is 14.9 Å². The van der Waals surface area contributed by atoms with Gasteiger partial charge in [0.15, 0.2) is 0 Å². The number of sulfonamides is 1. The van der Waals surface area contributed by atoms with Crippen molar-refractivity contribution >= 4 is 27.6 Å². The van der Waals surface area contributed by atoms with Crippen molar-refractivity contribution in [2.45, 2.75) is 4.90 Å². The van der Waals surface area contributed by atoms with E-state index in [1.54, 1.807) is 0 Å². The summed E-state index contributed by atoms with van der Waals surface area (Å²) in [4.78, 5) is 10.3. The van der Waals surface area contributed by atoms with Crippen LogP contribution < -0.4 is 5.43 Å². The van der Waals surface area contributed by atoms with E-state index in [1.807, 2.05) is 30.3 Å². The van der Waals surface area contributed by atoms with E-state index in [1.165, 1.54) is 22.7 Å². The predicted octanol–water partition coefficient (Wildman–Crippen LogP) is 2.06. The fourth-order valence-corrected chi connectivity index (χ4v) is 4.14. The summed E-state index contributed by atoms with van der Waals surface area (Å²) in [6, 6.07) is 12.9. The highest BCUT2D eigenvalue weighted by molar-refractivity contribution is 7.89. The number of hydrogen-bond donors (Lipinski definition) is 1. The number of benzene rings is 2. The van der Waals surface area contributed by atoms with Crippen LogP contribution in [0.4, 0.5) is 11.4 Å². The maximum absolute atomic E-state index is 13.0. The normalized spacial score (nSPS) is 15.7. The van der Waals surface area contributed by atoms with Crippen molar-refractivity contribution in [3.63, 3.8) is 0 Å². The Labute approximate surface area is 156 Å². The fraction of sp³-hybridized carbons (Fsp3) is 0.235. The Morgan fingerprint density at radius 2 is 1.85 bits per heavy atom. The number of rotatable bonds is 6. The van der Waals surface area contributed by atoms with Crippen LogP contribution in [-0.4, -0.2) is 50.2 Å². The number of nitrogens with one attached hydrogen (secondary N) is 1. The molecule has 0 saturated carbocycles. The van der Waals surface area contributed by atoms with E-state index >= 15 is 0 Å². The van der Waals surface area contributed by atoms with Crippen molar-refractivity contribution in [1.82, 2.24) is 4.31 Å². The third-order valence-corrected chi connectivity index (χ3v) is 5.90. The van der Waals surface area contributed by atoms with Crippen LogP contribution in [0.3, 0.4) is 0 Å². The molecular formula is C17H18N4O5S. The highest BCUT2D eigenvalue weighted by Crippen LogP contribution is 2.29. The molecule has 0 aromatic heterocycles. The minimum absolute atomic E-state index is 0.166. The van der Waals surface area contributed by atoms with Crippen molar-refractivity contribution in [3.05, 3.63) is 64.2 Å². The van der Waals surface area contributed by atoms with Crippen molar-refractivity contribution < 1.29 is 18.1 Å². The lowest BCUT2D eigenvalue weighted by Crippen LogP contribution is -2.40. The summed E-state index contributed by atoms with van der Waals surface area (Å²) >= 11 is 0. The first-order chi connectivity index (χ1) is 13.0. The molecule has 0 amide bonds. The summed E-state index contributed by atoms with van der Waals surface area (Å²) in [5.74, 6) is 0. The third-order valence-electron chi connectivity index (χ3n) is 3.96. The number of nitro benzene ring substituents is 1. The van der Waals surface area contributed by atoms with Gasteiger partial charge in [-0.1, -0.05) is 30.3 Å². The molecule has 27 heavy (non-hydrogen) atoms. The second-order valence-corrected chi connectivity index (χ2v) is 7.64. The Balaban J connectivity index is 1.93. The minimum atomic E-state index is -3.93. The van der Waals surface area contributed by atoms with E-state index in [-0.39, 0.29) is 42.6 Å². The summed E-state index contributed by atoms with van der Waals surface area (Å²) in [5, 5.41) is 15.1. The summed E-state index contributed by atoms with van der Waals surface area (Å²) < 4.78 is 32.4. The van der Waals surface area contributed by atoms with Gasteiger partial charge in [0, 0.05) is 25.2 Å². The van der Waals surface area contributed by atoms with Crippen molar-refractivity contribution in [2.75, 3.05) is 31.7 Å². The zero-order chi connectivity index (χ0) is 19.3. The first kappa shape index (κ1) is 19.0. The first-order valence-corrected chi connectivity index (χ1v) is 9.63. The molecule has 10 heteroatoms. The van der Waals surface area contributed by atoms with Crippen LogP contribution in [-0.2, 0) is 14.8 Å². The molecule has 0 unspecified atom stereocenters. The lowest BCUT2D eigenvalue weighted by molar-refractivity contribution is -0.385. The maximum atomic E-state index is 13.0. The lowest BCUT2D eigenvalue weighted by Gasteiger charge is -2.26. The van der Waals surface area contributed by atoms with Gasteiger partial charge < -0.3 is 4.74 Å². The van der Waals surface area contributed by atoms with Crippen LogP contribution in [0.1, 0.15) is 5.56 Å². The first-order valence-electron chi connectivity index (χ1n) is 8.19. The SMILES string of the molecule is O=[N+]([O-])c1ccc(N/N=C\c2ccccc2)c(S(=O)(=O)N2CCOCC2)c1. The zero-order valence-electron chi connectivity index (χ0n) is 14.3. The molecule has 9 nitrogen and oxygen atoms in total. The van der Waals surface area contributed by atoms with E-state index in [9.17, 15) is 18.5 Å². The molecule has 1 fully saturated rings. The fourth-order valence-electron chi connectivity index (χ4n) is 2.57. The summed E-state index contributed by atoms with van der Waals surface area (Å²) in [6.07, 6.45) is 1.53. The average molecular weight is 390 g/mol. The van der Waals surface area contributed by atoms with Crippen LogP contribution in [0.25, 0.3) is 0 Å². The molecule has 2 aromatic carbocycles. The number of hydrazone groups is 1. The molecule has 0 radical (unpaired) electrons. The number of nitrogens with zero attached hydrogens (tertiary/aromatic N) is 3. The van der Waals surface area contributed by atoms with E-state index in [0.717, 1.165) is 11.6 Å². The standard InChI is InChI=1S/C17H18N4O5S/c22-21(23)15-6-7-16(19-18-13-14-4-2-1-3-5-14)17(12-15)27(24,25)20-8-10-26-11-9-20/h1-7,12-13,19H,8-11H2/b18-13-. The quantitative estimate of drug-likeness (QED) is 0.459. The van der Waals surface area contributed by atoms with Crippen LogP contribution in [0.5, 0.6) is 0 Å². The monoisotopic (exact) mass is 390 g/mol. The second-order valence-electron chi connectivity index (χ2n) is 5.73. The molecule has 1 heterocycles. The smallest absolute Gasteiger partial charge is 0.270 e. The van der Waals surface area contributed by atoms with Gasteiger partial charge in [-0.15, -0.1) is 0 Å². The molecule has 0 bridgehead atoms. The Bertz CT molecular complexity index is 941. The highest BCUT2D eigenvalue weighted by Gasteiger charge is 2.30. The molecule has 1 saturated heterocycles. The molecule has 142 valence electrons. The highest BCUT2D eigenvalue weighted by atomic mass is 32.2. The summed E-state index contributed by atoms with van der Waals surface area (Å²) in [7, 11) is -3.93. The number of ether oxygens (including phenoxy) is 1. The summed E-state index contributed by atoms with van der Waals surface area (Å²) in [5.41, 5.74) is 3.37. The van der Waals surface area contributed by atoms with Crippen LogP contribution in [0, 0.1) is 10.1 Å². The summed E-state index contributed by atoms with van der Waals surface area (Å²) in [6.45, 7) is 0.946. The largest absolute Gasteiger partial charge is 0.379 e. The van der Waals surface area contributed by atoms with Gasteiger partial charge in [0.2, 0.25) is 10.0 Å².